The third-order valence-electron chi connectivity index (χ3n) is 2.89. The second-order valence-electron chi connectivity index (χ2n) is 4.30. The summed E-state index contributed by atoms with van der Waals surface area (Å²) in [5, 5.41) is 4.54. The van der Waals surface area contributed by atoms with Crippen molar-refractivity contribution in [2.24, 2.45) is 0 Å². The van der Waals surface area contributed by atoms with E-state index in [1.54, 1.807) is 11.5 Å². The van der Waals surface area contributed by atoms with E-state index in [4.69, 9.17) is 0 Å². The first-order chi connectivity index (χ1) is 7.33. The summed E-state index contributed by atoms with van der Waals surface area (Å²) in [4.78, 5) is 4.61. The smallest absolute Gasteiger partial charge is 0.145 e. The lowest BCUT2D eigenvalue weighted by atomic mass is 10.1. The molecule has 1 aromatic rings. The average molecular weight is 225 g/mol. The molecule has 3 nitrogen and oxygen atoms in total. The predicted molar refractivity (Wildman–Crippen MR) is 63.3 cm³/mol. The normalized spacial score (nSPS) is 18.0. The molecule has 1 aromatic heterocycles. The molecule has 1 fully saturated rings. The lowest BCUT2D eigenvalue weighted by molar-refractivity contribution is 0.512. The van der Waals surface area contributed by atoms with Crippen LogP contribution >= 0.6 is 11.5 Å². The molecule has 0 amide bonds. The summed E-state index contributed by atoms with van der Waals surface area (Å²) in [6.45, 7) is 2.22. The molecule has 1 N–H and O–H groups in total. The van der Waals surface area contributed by atoms with E-state index in [0.717, 1.165) is 12.2 Å². The Labute approximate surface area is 95.5 Å². The van der Waals surface area contributed by atoms with Crippen LogP contribution in [0.25, 0.3) is 0 Å². The van der Waals surface area contributed by atoms with E-state index in [1.165, 1.54) is 30.7 Å². The van der Waals surface area contributed by atoms with E-state index in [0.29, 0.717) is 12.0 Å². The monoisotopic (exact) mass is 225 g/mol. The number of hydrogen-bond donors (Lipinski definition) is 1. The zero-order valence-electron chi connectivity index (χ0n) is 9.49. The SMILES string of the molecule is CCCC(Cc1nc(C2CC2)ns1)NC. The quantitative estimate of drug-likeness (QED) is 0.807. The maximum absolute atomic E-state index is 4.61. The Bertz CT molecular complexity index is 307. The van der Waals surface area contributed by atoms with E-state index in [9.17, 15) is 0 Å². The molecule has 1 saturated carbocycles. The second-order valence-corrected chi connectivity index (χ2v) is 5.14. The summed E-state index contributed by atoms with van der Waals surface area (Å²) in [7, 11) is 2.03. The number of nitrogens with one attached hydrogen (secondary N) is 1. The van der Waals surface area contributed by atoms with Crippen molar-refractivity contribution in [3.05, 3.63) is 10.8 Å². The number of rotatable bonds is 6. The van der Waals surface area contributed by atoms with Crippen LogP contribution in [0.3, 0.4) is 0 Å². The zero-order valence-corrected chi connectivity index (χ0v) is 10.3. The molecule has 0 aliphatic heterocycles. The molecule has 1 unspecified atom stereocenters. The minimum absolute atomic E-state index is 0.565. The van der Waals surface area contributed by atoms with Crippen LogP contribution in [0.2, 0.25) is 0 Å². The highest BCUT2D eigenvalue weighted by Gasteiger charge is 2.27. The molecule has 15 heavy (non-hydrogen) atoms. The summed E-state index contributed by atoms with van der Waals surface area (Å²) in [6.07, 6.45) is 6.06. The first-order valence-corrected chi connectivity index (χ1v) is 6.60. The van der Waals surface area contributed by atoms with Crippen LogP contribution in [0, 0.1) is 0 Å². The molecule has 0 spiro atoms. The van der Waals surface area contributed by atoms with Gasteiger partial charge < -0.3 is 5.32 Å². The van der Waals surface area contributed by atoms with Gasteiger partial charge in [-0.05, 0) is 37.8 Å². The van der Waals surface area contributed by atoms with Gasteiger partial charge in [0, 0.05) is 18.4 Å². The summed E-state index contributed by atoms with van der Waals surface area (Å²) >= 11 is 1.59. The van der Waals surface area contributed by atoms with Gasteiger partial charge >= 0.3 is 0 Å². The minimum Gasteiger partial charge on any atom is -0.317 e. The molecule has 4 heteroatoms. The van der Waals surface area contributed by atoms with E-state index in [2.05, 4.69) is 21.6 Å². The van der Waals surface area contributed by atoms with E-state index in [1.807, 2.05) is 7.05 Å². The van der Waals surface area contributed by atoms with Crippen LogP contribution in [0.15, 0.2) is 0 Å². The summed E-state index contributed by atoms with van der Waals surface area (Å²) in [5.41, 5.74) is 0. The third kappa shape index (κ3) is 2.98. The molecule has 1 heterocycles. The highest BCUT2D eigenvalue weighted by Crippen LogP contribution is 2.38. The van der Waals surface area contributed by atoms with Crippen LogP contribution in [-0.2, 0) is 6.42 Å². The Morgan fingerprint density at radius 1 is 1.53 bits per heavy atom. The lowest BCUT2D eigenvalue weighted by Gasteiger charge is -2.12. The molecule has 1 aliphatic carbocycles. The molecule has 0 bridgehead atoms. The molecular formula is C11H19N3S. The van der Waals surface area contributed by atoms with Gasteiger partial charge in [-0.25, -0.2) is 4.98 Å². The first-order valence-electron chi connectivity index (χ1n) is 5.83. The van der Waals surface area contributed by atoms with E-state index >= 15 is 0 Å². The standard InChI is InChI=1S/C11H19N3S/c1-3-4-9(12-2)7-10-13-11(14-15-10)8-5-6-8/h8-9,12H,3-7H2,1-2H3. The van der Waals surface area contributed by atoms with Crippen LogP contribution in [0.4, 0.5) is 0 Å². The fourth-order valence-corrected chi connectivity index (χ4v) is 2.56. The largest absolute Gasteiger partial charge is 0.317 e. The fraction of sp³-hybridized carbons (Fsp3) is 0.818. The Balaban J connectivity index is 1.90. The van der Waals surface area contributed by atoms with Gasteiger partial charge in [-0.15, -0.1) is 0 Å². The van der Waals surface area contributed by atoms with E-state index < -0.39 is 0 Å². The van der Waals surface area contributed by atoms with Crippen molar-refractivity contribution in [2.75, 3.05) is 7.05 Å². The van der Waals surface area contributed by atoms with Gasteiger partial charge in [0.1, 0.15) is 10.8 Å². The van der Waals surface area contributed by atoms with E-state index in [-0.39, 0.29) is 0 Å². The van der Waals surface area contributed by atoms with Gasteiger partial charge in [0.15, 0.2) is 0 Å². The number of likely N-dealkylation sites (N-methyl/N-ethyl adjacent to an activating group) is 1. The average Bonchev–Trinajstić information content (AvgIpc) is 2.99. The number of hydrogen-bond acceptors (Lipinski definition) is 4. The second kappa shape index (κ2) is 5.03. The predicted octanol–water partition coefficient (Wildman–Crippen LogP) is 2.35. The van der Waals surface area contributed by atoms with Crippen molar-refractivity contribution in [3.63, 3.8) is 0 Å². The van der Waals surface area contributed by atoms with Crippen molar-refractivity contribution in [1.82, 2.24) is 14.7 Å². The van der Waals surface area contributed by atoms with Crippen LogP contribution in [-0.4, -0.2) is 22.4 Å². The van der Waals surface area contributed by atoms with Crippen molar-refractivity contribution >= 4 is 11.5 Å². The summed E-state index contributed by atoms with van der Waals surface area (Å²) in [5.74, 6) is 1.79. The Kier molecular flexibility index (Phi) is 3.70. The highest BCUT2D eigenvalue weighted by atomic mass is 32.1. The van der Waals surface area contributed by atoms with Crippen LogP contribution in [0.1, 0.15) is 49.4 Å². The Morgan fingerprint density at radius 2 is 2.33 bits per heavy atom. The van der Waals surface area contributed by atoms with Crippen LogP contribution < -0.4 is 5.32 Å². The van der Waals surface area contributed by atoms with Gasteiger partial charge in [0.25, 0.3) is 0 Å². The Morgan fingerprint density at radius 3 is 2.93 bits per heavy atom. The summed E-state index contributed by atoms with van der Waals surface area (Å²) in [6, 6.07) is 0.565. The molecule has 1 aliphatic rings. The zero-order chi connectivity index (χ0) is 10.7. The number of nitrogens with zero attached hydrogens (tertiary/aromatic N) is 2. The molecule has 0 radical (unpaired) electrons. The molecule has 1 atom stereocenters. The third-order valence-corrected chi connectivity index (χ3v) is 3.64. The van der Waals surface area contributed by atoms with Crippen LogP contribution in [0.5, 0.6) is 0 Å². The molecular weight excluding hydrogens is 206 g/mol. The highest BCUT2D eigenvalue weighted by molar-refractivity contribution is 7.05. The van der Waals surface area contributed by atoms with Gasteiger partial charge in [-0.3, -0.25) is 0 Å². The van der Waals surface area contributed by atoms with Crippen molar-refractivity contribution in [3.8, 4) is 0 Å². The minimum atomic E-state index is 0.565. The molecule has 84 valence electrons. The van der Waals surface area contributed by atoms with Gasteiger partial charge in [0.05, 0.1) is 0 Å². The van der Waals surface area contributed by atoms with Gasteiger partial charge in [0.2, 0.25) is 0 Å². The maximum Gasteiger partial charge on any atom is 0.145 e. The molecule has 0 saturated heterocycles. The maximum atomic E-state index is 4.61. The van der Waals surface area contributed by atoms with Crippen molar-refractivity contribution < 1.29 is 0 Å². The van der Waals surface area contributed by atoms with Crippen molar-refractivity contribution in [1.29, 1.82) is 0 Å². The lowest BCUT2D eigenvalue weighted by Crippen LogP contribution is -2.27. The van der Waals surface area contributed by atoms with Gasteiger partial charge in [-0.2, -0.15) is 4.37 Å². The van der Waals surface area contributed by atoms with Gasteiger partial charge in [-0.1, -0.05) is 13.3 Å². The first kappa shape index (κ1) is 11.0. The number of aromatic nitrogens is 2. The topological polar surface area (TPSA) is 37.8 Å². The molecule has 0 aromatic carbocycles. The summed E-state index contributed by atoms with van der Waals surface area (Å²) < 4.78 is 4.43. The Hall–Kier alpha value is -0.480. The fourth-order valence-electron chi connectivity index (χ4n) is 1.77. The van der Waals surface area contributed by atoms with Crippen molar-refractivity contribution in [2.45, 2.75) is 51.0 Å². The molecule has 2 rings (SSSR count).